The highest BCUT2D eigenvalue weighted by atomic mass is 35.5. The van der Waals surface area contributed by atoms with Crippen LogP contribution in [0.4, 0.5) is 0 Å². The minimum atomic E-state index is -0.109. The molecule has 0 fully saturated rings. The van der Waals surface area contributed by atoms with Crippen molar-refractivity contribution in [2.75, 3.05) is 0 Å². The minimum absolute atomic E-state index is 0.109. The second-order valence-corrected chi connectivity index (χ2v) is 4.94. The molecule has 0 bridgehead atoms. The summed E-state index contributed by atoms with van der Waals surface area (Å²) in [6, 6.07) is 1.93. The van der Waals surface area contributed by atoms with Crippen molar-refractivity contribution in [1.29, 1.82) is 0 Å². The van der Waals surface area contributed by atoms with Crippen LogP contribution in [-0.4, -0.2) is 9.78 Å². The lowest BCUT2D eigenvalue weighted by Gasteiger charge is -2.17. The first-order chi connectivity index (χ1) is 8.27. The molecule has 3 N–H and O–H groups in total. The van der Waals surface area contributed by atoms with E-state index in [0.717, 1.165) is 24.2 Å². The molecule has 17 heavy (non-hydrogen) atoms. The molecule has 1 atom stereocenters. The maximum atomic E-state index is 6.20. The van der Waals surface area contributed by atoms with Crippen LogP contribution in [-0.2, 0) is 6.54 Å². The van der Waals surface area contributed by atoms with Crippen LogP contribution >= 0.6 is 22.9 Å². The van der Waals surface area contributed by atoms with Crippen LogP contribution in [0.15, 0.2) is 23.0 Å². The lowest BCUT2D eigenvalue weighted by molar-refractivity contribution is 0.522. The first kappa shape index (κ1) is 12.6. The van der Waals surface area contributed by atoms with Gasteiger partial charge in [0.25, 0.3) is 0 Å². The van der Waals surface area contributed by atoms with E-state index in [1.807, 2.05) is 16.1 Å². The molecule has 0 saturated heterocycles. The molecule has 2 aromatic rings. The topological polar surface area (TPSA) is 55.9 Å². The van der Waals surface area contributed by atoms with Crippen LogP contribution in [0.25, 0.3) is 0 Å². The molecule has 0 aliphatic carbocycles. The summed E-state index contributed by atoms with van der Waals surface area (Å²) in [6.45, 7) is 2.94. The van der Waals surface area contributed by atoms with E-state index in [-0.39, 0.29) is 6.04 Å². The Morgan fingerprint density at radius 1 is 1.65 bits per heavy atom. The number of aromatic nitrogens is 2. The summed E-state index contributed by atoms with van der Waals surface area (Å²) in [7, 11) is 0. The van der Waals surface area contributed by atoms with E-state index < -0.39 is 0 Å². The van der Waals surface area contributed by atoms with Gasteiger partial charge in [0, 0.05) is 6.54 Å². The van der Waals surface area contributed by atoms with Gasteiger partial charge < -0.3 is 0 Å². The molecular formula is C11H15ClN4S. The second-order valence-electron chi connectivity index (χ2n) is 3.76. The molecule has 0 aliphatic heterocycles. The minimum Gasteiger partial charge on any atom is -0.271 e. The van der Waals surface area contributed by atoms with Crippen LogP contribution in [0.2, 0.25) is 5.02 Å². The number of nitrogens with two attached hydrogens (primary N) is 1. The summed E-state index contributed by atoms with van der Waals surface area (Å²) in [5.74, 6) is 5.64. The van der Waals surface area contributed by atoms with Crippen molar-refractivity contribution < 1.29 is 0 Å². The van der Waals surface area contributed by atoms with Gasteiger partial charge in [-0.25, -0.2) is 5.43 Å². The highest BCUT2D eigenvalue weighted by Crippen LogP contribution is 2.29. The van der Waals surface area contributed by atoms with Crippen molar-refractivity contribution in [3.63, 3.8) is 0 Å². The van der Waals surface area contributed by atoms with Crippen LogP contribution < -0.4 is 11.3 Å². The lowest BCUT2D eigenvalue weighted by Crippen LogP contribution is -2.30. The monoisotopic (exact) mass is 270 g/mol. The average Bonchev–Trinajstić information content (AvgIpc) is 2.94. The van der Waals surface area contributed by atoms with Gasteiger partial charge in [-0.3, -0.25) is 10.5 Å². The van der Waals surface area contributed by atoms with Gasteiger partial charge >= 0.3 is 0 Å². The van der Waals surface area contributed by atoms with E-state index in [0.29, 0.717) is 5.02 Å². The Kier molecular flexibility index (Phi) is 4.17. The molecule has 2 rings (SSSR count). The molecule has 2 heterocycles. The Morgan fingerprint density at radius 2 is 2.47 bits per heavy atom. The van der Waals surface area contributed by atoms with Crippen LogP contribution in [0, 0.1) is 0 Å². The third-order valence-electron chi connectivity index (χ3n) is 2.59. The Morgan fingerprint density at radius 3 is 3.06 bits per heavy atom. The molecule has 4 nitrogen and oxygen atoms in total. The fraction of sp³-hybridized carbons (Fsp3) is 0.364. The maximum Gasteiger partial charge on any atom is 0.0901 e. The zero-order valence-electron chi connectivity index (χ0n) is 9.56. The predicted molar refractivity (Wildman–Crippen MR) is 71.0 cm³/mol. The molecule has 0 aromatic carbocycles. The zero-order valence-corrected chi connectivity index (χ0v) is 11.1. The fourth-order valence-corrected chi connectivity index (χ4v) is 2.76. The van der Waals surface area contributed by atoms with Gasteiger partial charge in [0.05, 0.1) is 23.0 Å². The van der Waals surface area contributed by atoms with Crippen molar-refractivity contribution in [1.82, 2.24) is 15.2 Å². The van der Waals surface area contributed by atoms with Gasteiger partial charge in [0.2, 0.25) is 0 Å². The molecule has 2 aromatic heterocycles. The summed E-state index contributed by atoms with van der Waals surface area (Å²) in [5.41, 5.74) is 4.84. The van der Waals surface area contributed by atoms with Gasteiger partial charge in [-0.1, -0.05) is 18.5 Å². The first-order valence-corrected chi connectivity index (χ1v) is 6.79. The zero-order chi connectivity index (χ0) is 12.3. The quantitative estimate of drug-likeness (QED) is 0.649. The van der Waals surface area contributed by atoms with E-state index in [2.05, 4.69) is 22.8 Å². The second kappa shape index (κ2) is 5.64. The smallest absolute Gasteiger partial charge is 0.0901 e. The number of nitrogens with zero attached hydrogens (tertiary/aromatic N) is 2. The summed E-state index contributed by atoms with van der Waals surface area (Å²) in [5, 5.41) is 9.00. The van der Waals surface area contributed by atoms with E-state index in [1.165, 1.54) is 0 Å². The number of aryl methyl sites for hydroxylation is 1. The van der Waals surface area contributed by atoms with Crippen molar-refractivity contribution in [2.24, 2.45) is 5.84 Å². The summed E-state index contributed by atoms with van der Waals surface area (Å²) in [6.07, 6.45) is 2.68. The molecule has 0 amide bonds. The van der Waals surface area contributed by atoms with E-state index in [4.69, 9.17) is 17.4 Å². The third-order valence-corrected chi connectivity index (χ3v) is 3.58. The highest BCUT2D eigenvalue weighted by Gasteiger charge is 2.21. The van der Waals surface area contributed by atoms with Crippen molar-refractivity contribution in [3.05, 3.63) is 39.3 Å². The first-order valence-electron chi connectivity index (χ1n) is 5.47. The van der Waals surface area contributed by atoms with Crippen molar-refractivity contribution in [2.45, 2.75) is 25.9 Å². The largest absolute Gasteiger partial charge is 0.271 e. The average molecular weight is 271 g/mol. The van der Waals surface area contributed by atoms with E-state index in [9.17, 15) is 0 Å². The number of hydrazine groups is 1. The number of hydrogen-bond acceptors (Lipinski definition) is 4. The molecule has 0 spiro atoms. The normalized spacial score (nSPS) is 12.9. The van der Waals surface area contributed by atoms with Gasteiger partial charge in [-0.2, -0.15) is 16.4 Å². The van der Waals surface area contributed by atoms with Gasteiger partial charge in [-0.05, 0) is 28.8 Å². The van der Waals surface area contributed by atoms with Crippen molar-refractivity contribution >= 4 is 22.9 Å². The summed E-state index contributed by atoms with van der Waals surface area (Å²) < 4.78 is 1.91. The molecule has 1 unspecified atom stereocenters. The highest BCUT2D eigenvalue weighted by molar-refractivity contribution is 7.08. The molecule has 0 saturated carbocycles. The third kappa shape index (κ3) is 2.52. The molecular weight excluding hydrogens is 256 g/mol. The number of thiophene rings is 1. The fourth-order valence-electron chi connectivity index (χ4n) is 1.82. The molecule has 0 aliphatic rings. The van der Waals surface area contributed by atoms with E-state index >= 15 is 0 Å². The predicted octanol–water partition coefficient (Wildman–Crippen LogP) is 2.56. The maximum absolute atomic E-state index is 6.20. The standard InChI is InChI=1S/C11H15ClN4S/c1-2-4-16-11(9(12)6-14-16)10(15-13)8-3-5-17-7-8/h3,5-7,10,15H,2,4,13H2,1H3. The molecule has 92 valence electrons. The summed E-state index contributed by atoms with van der Waals surface area (Å²) in [4.78, 5) is 0. The van der Waals surface area contributed by atoms with Gasteiger partial charge in [0.1, 0.15) is 0 Å². The van der Waals surface area contributed by atoms with Crippen LogP contribution in [0.5, 0.6) is 0 Å². The lowest BCUT2D eigenvalue weighted by atomic mass is 10.1. The van der Waals surface area contributed by atoms with Crippen molar-refractivity contribution in [3.8, 4) is 0 Å². The Bertz CT molecular complexity index is 466. The molecule has 0 radical (unpaired) electrons. The number of rotatable bonds is 5. The Balaban J connectivity index is 2.39. The SMILES string of the molecule is CCCn1ncc(Cl)c1C(NN)c1ccsc1. The van der Waals surface area contributed by atoms with Gasteiger partial charge in [-0.15, -0.1) is 0 Å². The van der Waals surface area contributed by atoms with Crippen LogP contribution in [0.1, 0.15) is 30.6 Å². The Hall–Kier alpha value is -0.880. The van der Waals surface area contributed by atoms with Gasteiger partial charge in [0.15, 0.2) is 0 Å². The molecule has 6 heteroatoms. The van der Waals surface area contributed by atoms with E-state index in [1.54, 1.807) is 17.5 Å². The summed E-state index contributed by atoms with van der Waals surface area (Å²) >= 11 is 7.83. The Labute approximate surface area is 109 Å². The number of halogens is 1. The number of hydrogen-bond donors (Lipinski definition) is 2. The number of nitrogens with one attached hydrogen (secondary N) is 1. The van der Waals surface area contributed by atoms with Crippen LogP contribution in [0.3, 0.4) is 0 Å².